The third-order valence-corrected chi connectivity index (χ3v) is 10.2. The average molecular weight is 671 g/mol. The van der Waals surface area contributed by atoms with Crippen LogP contribution in [-0.2, 0) is 28.8 Å². The van der Waals surface area contributed by atoms with Crippen LogP contribution < -0.4 is 16.0 Å². The van der Waals surface area contributed by atoms with E-state index in [1.165, 1.54) is 19.9 Å². The summed E-state index contributed by atoms with van der Waals surface area (Å²) in [6, 6.07) is 0.511. The summed E-state index contributed by atoms with van der Waals surface area (Å²) in [6.07, 6.45) is 9.82. The minimum atomic E-state index is -0.603. The van der Waals surface area contributed by atoms with Crippen LogP contribution in [0.5, 0.6) is 0 Å². The van der Waals surface area contributed by atoms with E-state index in [1.54, 1.807) is 13.8 Å². The summed E-state index contributed by atoms with van der Waals surface area (Å²) in [4.78, 5) is 61.5. The fourth-order valence-corrected chi connectivity index (χ4v) is 7.04. The SMILES string of the molecule is CC.CC(C)(CCOCCNC(=O)CCCCC1SCC2NC(=O)NC21)C1CC1.CCCC(C)(C)C(=O)ON(C)C(=O)CCC=O. The molecule has 12 heteroatoms. The lowest BCUT2D eigenvalue weighted by Crippen LogP contribution is -2.36. The molecule has 2 heterocycles. The van der Waals surface area contributed by atoms with Gasteiger partial charge in [-0.25, -0.2) is 9.59 Å². The van der Waals surface area contributed by atoms with Gasteiger partial charge in [0.2, 0.25) is 5.91 Å². The monoisotopic (exact) mass is 670 g/mol. The Morgan fingerprint density at radius 3 is 2.37 bits per heavy atom. The second kappa shape index (κ2) is 21.5. The van der Waals surface area contributed by atoms with E-state index in [-0.39, 0.29) is 42.8 Å². The van der Waals surface area contributed by atoms with Gasteiger partial charge in [-0.3, -0.25) is 9.59 Å². The number of nitrogens with zero attached hydrogens (tertiary/aromatic N) is 1. The summed E-state index contributed by atoms with van der Waals surface area (Å²) in [5.74, 6) is 1.19. The zero-order valence-electron chi connectivity index (χ0n) is 29.7. The van der Waals surface area contributed by atoms with Gasteiger partial charge in [0.05, 0.1) is 24.1 Å². The maximum absolute atomic E-state index is 11.9. The quantitative estimate of drug-likeness (QED) is 0.0761. The fraction of sp³-hybridized carbons (Fsp3) is 0.853. The van der Waals surface area contributed by atoms with Crippen molar-refractivity contribution in [2.24, 2.45) is 16.7 Å². The molecule has 3 aliphatic rings. The molecule has 4 amide bonds. The van der Waals surface area contributed by atoms with Crippen molar-refractivity contribution in [3.63, 3.8) is 0 Å². The molecule has 0 spiro atoms. The lowest BCUT2D eigenvalue weighted by atomic mass is 9.84. The smallest absolute Gasteiger partial charge is 0.338 e. The van der Waals surface area contributed by atoms with Gasteiger partial charge in [-0.1, -0.05) is 47.5 Å². The van der Waals surface area contributed by atoms with Crippen molar-refractivity contribution in [1.82, 2.24) is 21.0 Å². The number of nitrogens with one attached hydrogen (secondary N) is 3. The Morgan fingerprint density at radius 2 is 1.74 bits per heavy atom. The number of carbonyl (C=O) groups is 5. The molecule has 2 aliphatic heterocycles. The van der Waals surface area contributed by atoms with Crippen LogP contribution in [-0.4, -0.2) is 85.1 Å². The molecule has 1 saturated carbocycles. The molecule has 0 aromatic heterocycles. The van der Waals surface area contributed by atoms with Gasteiger partial charge in [0.25, 0.3) is 5.91 Å². The molecular formula is C34H62N4O7S. The van der Waals surface area contributed by atoms with E-state index in [9.17, 15) is 24.0 Å². The Balaban J connectivity index is 0.000000483. The predicted molar refractivity (Wildman–Crippen MR) is 183 cm³/mol. The number of unbranched alkanes of at least 4 members (excludes halogenated alkanes) is 1. The van der Waals surface area contributed by atoms with Crippen LogP contribution in [0.4, 0.5) is 4.79 Å². The molecule has 0 aromatic rings. The van der Waals surface area contributed by atoms with Crippen LogP contribution in [0.3, 0.4) is 0 Å². The fourth-order valence-electron chi connectivity index (χ4n) is 5.50. The molecule has 3 unspecified atom stereocenters. The van der Waals surface area contributed by atoms with Crippen molar-refractivity contribution in [3.8, 4) is 0 Å². The highest BCUT2D eigenvalue weighted by atomic mass is 32.2. The zero-order valence-corrected chi connectivity index (χ0v) is 30.5. The molecule has 0 bridgehead atoms. The molecule has 2 saturated heterocycles. The highest BCUT2D eigenvalue weighted by molar-refractivity contribution is 8.00. The first-order valence-corrected chi connectivity index (χ1v) is 18.3. The number of aldehydes is 1. The molecule has 11 nitrogen and oxygen atoms in total. The average Bonchev–Trinajstić information content (AvgIpc) is 3.73. The molecule has 266 valence electrons. The summed E-state index contributed by atoms with van der Waals surface area (Å²) >= 11 is 1.93. The molecule has 1 aliphatic carbocycles. The van der Waals surface area contributed by atoms with E-state index in [0.29, 0.717) is 42.9 Å². The number of urea groups is 1. The minimum Gasteiger partial charge on any atom is -0.380 e. The van der Waals surface area contributed by atoms with Crippen LogP contribution in [0.25, 0.3) is 0 Å². The van der Waals surface area contributed by atoms with Crippen molar-refractivity contribution < 1.29 is 33.5 Å². The minimum absolute atomic E-state index is 0.0343. The van der Waals surface area contributed by atoms with E-state index >= 15 is 0 Å². The van der Waals surface area contributed by atoms with E-state index in [2.05, 4.69) is 29.8 Å². The molecule has 3 rings (SSSR count). The number of thioether (sulfide) groups is 1. The topological polar surface area (TPSA) is 143 Å². The lowest BCUT2D eigenvalue weighted by Gasteiger charge is -2.24. The molecule has 0 radical (unpaired) electrons. The van der Waals surface area contributed by atoms with Crippen LogP contribution in [0.1, 0.15) is 119 Å². The first-order chi connectivity index (χ1) is 21.8. The Morgan fingerprint density at radius 1 is 1.04 bits per heavy atom. The second-order valence-corrected chi connectivity index (χ2v) is 14.7. The number of hydrogen-bond donors (Lipinski definition) is 3. The van der Waals surface area contributed by atoms with Gasteiger partial charge in [-0.05, 0) is 63.7 Å². The summed E-state index contributed by atoms with van der Waals surface area (Å²) in [6.45, 7) is 16.2. The molecule has 3 fully saturated rings. The number of amides is 4. The van der Waals surface area contributed by atoms with Crippen LogP contribution in [0, 0.1) is 16.7 Å². The van der Waals surface area contributed by atoms with E-state index in [1.807, 2.05) is 32.5 Å². The highest BCUT2D eigenvalue weighted by Gasteiger charge is 2.42. The van der Waals surface area contributed by atoms with E-state index in [0.717, 1.165) is 55.4 Å². The van der Waals surface area contributed by atoms with Crippen LogP contribution in [0.15, 0.2) is 0 Å². The van der Waals surface area contributed by atoms with E-state index in [4.69, 9.17) is 9.57 Å². The Labute approximate surface area is 281 Å². The number of ether oxygens (including phenoxy) is 1. The van der Waals surface area contributed by atoms with Crippen LogP contribution >= 0.6 is 11.8 Å². The van der Waals surface area contributed by atoms with Gasteiger partial charge in [0.15, 0.2) is 0 Å². The number of hydrogen-bond acceptors (Lipinski definition) is 8. The summed E-state index contributed by atoms with van der Waals surface area (Å²) in [7, 11) is 1.38. The van der Waals surface area contributed by atoms with Crippen molar-refractivity contribution in [1.29, 1.82) is 0 Å². The standard InChI is InChI=1S/C20H35N3O3S.C12H21NO4.C2H6/c1-20(2,14-7-8-14)9-11-26-12-10-21-17(24)6-4-3-5-16-18-15(13-27-16)22-19(25)23-18;1-5-8-12(2,3)11(16)17-13(4)10(15)7-6-9-14;1-2/h14-16,18H,3-13H2,1-2H3,(H,21,24)(H2,22,23,25);9H,5-8H2,1-4H3;1-2H3. The molecule has 46 heavy (non-hydrogen) atoms. The Bertz CT molecular complexity index is 958. The number of hydroxylamine groups is 2. The zero-order chi connectivity index (χ0) is 34.8. The van der Waals surface area contributed by atoms with Crippen LogP contribution in [0.2, 0.25) is 0 Å². The largest absolute Gasteiger partial charge is 0.380 e. The van der Waals surface area contributed by atoms with Gasteiger partial charge in [-0.15, -0.1) is 0 Å². The second-order valence-electron chi connectivity index (χ2n) is 13.5. The van der Waals surface area contributed by atoms with Crippen molar-refractivity contribution >= 4 is 41.9 Å². The normalized spacial score (nSPS) is 20.1. The molecule has 3 atom stereocenters. The number of carbonyl (C=O) groups excluding carboxylic acids is 5. The van der Waals surface area contributed by atoms with Gasteiger partial charge < -0.3 is 30.3 Å². The maximum Gasteiger partial charge on any atom is 0.338 e. The summed E-state index contributed by atoms with van der Waals surface area (Å²) in [5, 5.41) is 10.3. The number of rotatable bonds is 18. The van der Waals surface area contributed by atoms with Gasteiger partial charge >= 0.3 is 12.0 Å². The van der Waals surface area contributed by atoms with Crippen molar-refractivity contribution in [3.05, 3.63) is 0 Å². The summed E-state index contributed by atoms with van der Waals surface area (Å²) < 4.78 is 5.68. The molecule has 3 N–H and O–H groups in total. The van der Waals surface area contributed by atoms with Crippen molar-refractivity contribution in [2.45, 2.75) is 136 Å². The third-order valence-electron chi connectivity index (χ3n) is 8.70. The lowest BCUT2D eigenvalue weighted by molar-refractivity contribution is -0.201. The first kappa shape index (κ1) is 41.7. The Hall–Kier alpha value is -2.34. The predicted octanol–water partition coefficient (Wildman–Crippen LogP) is 5.41. The first-order valence-electron chi connectivity index (χ1n) is 17.3. The maximum atomic E-state index is 11.9. The Kier molecular flexibility index (Phi) is 19.5. The van der Waals surface area contributed by atoms with E-state index < -0.39 is 11.4 Å². The molecule has 0 aromatic carbocycles. The van der Waals surface area contributed by atoms with Crippen molar-refractivity contribution in [2.75, 3.05) is 32.6 Å². The third kappa shape index (κ3) is 15.5. The van der Waals surface area contributed by atoms with Gasteiger partial charge in [0.1, 0.15) is 6.29 Å². The molecular weight excluding hydrogens is 608 g/mol. The number of fused-ring (bicyclic) bond motifs is 1. The summed E-state index contributed by atoms with van der Waals surface area (Å²) in [5.41, 5.74) is -0.202. The van der Waals surface area contributed by atoms with Gasteiger partial charge in [0, 0.05) is 50.5 Å². The highest BCUT2D eigenvalue weighted by Crippen LogP contribution is 2.47. The van der Waals surface area contributed by atoms with Gasteiger partial charge in [-0.2, -0.15) is 16.8 Å².